The van der Waals surface area contributed by atoms with Gasteiger partial charge >= 0.3 is 6.09 Å². The lowest BCUT2D eigenvalue weighted by atomic mass is 9.53. The van der Waals surface area contributed by atoms with Gasteiger partial charge in [0.15, 0.2) is 0 Å². The molecule has 2 saturated carbocycles. The molecule has 4 rings (SSSR count). The highest BCUT2D eigenvalue weighted by atomic mass is 16.6. The summed E-state index contributed by atoms with van der Waals surface area (Å²) in [6, 6.07) is 10.0. The van der Waals surface area contributed by atoms with E-state index in [4.69, 9.17) is 20.9 Å². The second kappa shape index (κ2) is 7.03. The molecule has 1 heterocycles. The van der Waals surface area contributed by atoms with Gasteiger partial charge in [0.2, 0.25) is 5.88 Å². The van der Waals surface area contributed by atoms with Crippen molar-refractivity contribution in [2.45, 2.75) is 37.8 Å². The third-order valence-electron chi connectivity index (χ3n) is 5.41. The Morgan fingerprint density at radius 1 is 1.11 bits per heavy atom. The molecule has 1 spiro atoms. The topological polar surface area (TPSA) is 130 Å². The minimum Gasteiger partial charge on any atom is -0.474 e. The molecule has 2 amide bonds. The first-order valence-electron chi connectivity index (χ1n) is 9.18. The summed E-state index contributed by atoms with van der Waals surface area (Å²) in [5, 5.41) is 2.88. The van der Waals surface area contributed by atoms with Crippen LogP contribution in [0.5, 0.6) is 11.6 Å². The number of aromatic nitrogens is 1. The van der Waals surface area contributed by atoms with Gasteiger partial charge in [0, 0.05) is 17.9 Å². The fraction of sp³-hybridized carbons (Fsp3) is 0.350. The molecule has 2 aliphatic carbocycles. The summed E-state index contributed by atoms with van der Waals surface area (Å²) >= 11 is 0. The third-order valence-corrected chi connectivity index (χ3v) is 5.41. The summed E-state index contributed by atoms with van der Waals surface area (Å²) in [4.78, 5) is 27.5. The van der Waals surface area contributed by atoms with Crippen LogP contribution in [0.15, 0.2) is 42.6 Å². The number of hydrogen-bond donors (Lipinski definition) is 3. The maximum absolute atomic E-state index is 12.0. The lowest BCUT2D eigenvalue weighted by Gasteiger charge is -2.56. The standard InChI is InChI=1S/C20H22N4O4/c21-12-3-5-14(6-4-12)28-19(26)24-13-8-20(9-13)10-15(11-20)27-18-16(17(22)25)2-1-7-23-18/h1-7,13,15H,8-11,21H2,(H2,22,25)(H,24,26). The van der Waals surface area contributed by atoms with Crippen molar-refractivity contribution in [1.29, 1.82) is 0 Å². The predicted octanol–water partition coefficient (Wildman–Crippen LogP) is 2.24. The summed E-state index contributed by atoms with van der Waals surface area (Å²) in [6.07, 6.45) is 4.63. The van der Waals surface area contributed by atoms with Crippen molar-refractivity contribution < 1.29 is 19.1 Å². The van der Waals surface area contributed by atoms with Gasteiger partial charge in [0.1, 0.15) is 17.4 Å². The first-order valence-corrected chi connectivity index (χ1v) is 9.18. The number of benzene rings is 1. The Labute approximate surface area is 162 Å². The Hall–Kier alpha value is -3.29. The van der Waals surface area contributed by atoms with Crippen molar-refractivity contribution >= 4 is 17.7 Å². The molecule has 0 radical (unpaired) electrons. The SMILES string of the molecule is NC(=O)c1cccnc1OC1CC2(CC(NC(=O)Oc3ccc(N)cc3)C2)C1. The smallest absolute Gasteiger partial charge is 0.412 e. The Kier molecular flexibility index (Phi) is 4.54. The van der Waals surface area contributed by atoms with Crippen molar-refractivity contribution in [3.05, 3.63) is 48.2 Å². The van der Waals surface area contributed by atoms with Crippen molar-refractivity contribution in [1.82, 2.24) is 10.3 Å². The molecule has 1 aromatic heterocycles. The molecule has 0 aliphatic heterocycles. The molecule has 28 heavy (non-hydrogen) atoms. The Balaban J connectivity index is 1.22. The average molecular weight is 382 g/mol. The van der Waals surface area contributed by atoms with E-state index in [1.807, 2.05) is 0 Å². The van der Waals surface area contributed by atoms with Gasteiger partial charge in [-0.15, -0.1) is 0 Å². The van der Waals surface area contributed by atoms with Gasteiger partial charge in [-0.3, -0.25) is 4.79 Å². The Morgan fingerprint density at radius 3 is 2.50 bits per heavy atom. The lowest BCUT2D eigenvalue weighted by Crippen LogP contribution is -2.59. The number of amides is 2. The zero-order valence-corrected chi connectivity index (χ0v) is 15.3. The predicted molar refractivity (Wildman–Crippen MR) is 102 cm³/mol. The van der Waals surface area contributed by atoms with E-state index in [1.165, 1.54) is 0 Å². The quantitative estimate of drug-likeness (QED) is 0.680. The van der Waals surface area contributed by atoms with E-state index in [0.29, 0.717) is 17.0 Å². The molecular formula is C20H22N4O4. The number of carbonyl (C=O) groups is 2. The Bertz CT molecular complexity index is 885. The van der Waals surface area contributed by atoms with Gasteiger partial charge in [-0.25, -0.2) is 9.78 Å². The van der Waals surface area contributed by atoms with Crippen LogP contribution >= 0.6 is 0 Å². The number of ether oxygens (including phenoxy) is 2. The number of nitrogen functional groups attached to an aromatic ring is 1. The number of pyridine rings is 1. The summed E-state index contributed by atoms with van der Waals surface area (Å²) in [5.41, 5.74) is 12.1. The number of nitrogens with one attached hydrogen (secondary N) is 1. The highest BCUT2D eigenvalue weighted by Crippen LogP contribution is 2.56. The van der Waals surface area contributed by atoms with Crippen LogP contribution in [0.25, 0.3) is 0 Å². The molecular weight excluding hydrogens is 360 g/mol. The zero-order valence-electron chi connectivity index (χ0n) is 15.3. The molecule has 5 N–H and O–H groups in total. The minimum absolute atomic E-state index is 0.00989. The summed E-state index contributed by atoms with van der Waals surface area (Å²) in [6.45, 7) is 0. The van der Waals surface area contributed by atoms with Crippen LogP contribution < -0.4 is 26.3 Å². The van der Waals surface area contributed by atoms with E-state index >= 15 is 0 Å². The summed E-state index contributed by atoms with van der Waals surface area (Å²) in [5.74, 6) is 0.194. The molecule has 2 fully saturated rings. The van der Waals surface area contributed by atoms with Gasteiger partial charge in [0.25, 0.3) is 5.91 Å². The molecule has 2 aliphatic rings. The van der Waals surface area contributed by atoms with Gasteiger partial charge < -0.3 is 26.3 Å². The van der Waals surface area contributed by atoms with Gasteiger partial charge in [0.05, 0.1) is 0 Å². The highest BCUT2D eigenvalue weighted by Gasteiger charge is 2.54. The van der Waals surface area contributed by atoms with Crippen molar-refractivity contribution in [2.75, 3.05) is 5.73 Å². The molecule has 8 heteroatoms. The number of nitrogens with zero attached hydrogens (tertiary/aromatic N) is 1. The number of nitrogens with two attached hydrogens (primary N) is 2. The molecule has 0 saturated heterocycles. The zero-order chi connectivity index (χ0) is 19.7. The van der Waals surface area contributed by atoms with Gasteiger partial charge in [-0.2, -0.15) is 0 Å². The average Bonchev–Trinajstić information content (AvgIpc) is 2.60. The number of rotatable bonds is 5. The van der Waals surface area contributed by atoms with Crippen molar-refractivity contribution in [3.8, 4) is 11.6 Å². The van der Waals surface area contributed by atoms with Gasteiger partial charge in [-0.1, -0.05) is 0 Å². The second-order valence-corrected chi connectivity index (χ2v) is 7.58. The molecule has 8 nitrogen and oxygen atoms in total. The fourth-order valence-corrected chi connectivity index (χ4v) is 4.08. The van der Waals surface area contributed by atoms with Crippen LogP contribution in [0.4, 0.5) is 10.5 Å². The summed E-state index contributed by atoms with van der Waals surface area (Å²) < 4.78 is 11.1. The van der Waals surface area contributed by atoms with Crippen LogP contribution in [0.3, 0.4) is 0 Å². The monoisotopic (exact) mass is 382 g/mol. The van der Waals surface area contributed by atoms with Gasteiger partial charge in [-0.05, 0) is 67.5 Å². The largest absolute Gasteiger partial charge is 0.474 e. The van der Waals surface area contributed by atoms with Crippen molar-refractivity contribution in [2.24, 2.45) is 11.1 Å². The third kappa shape index (κ3) is 3.71. The van der Waals surface area contributed by atoms with Crippen LogP contribution in [0.2, 0.25) is 0 Å². The summed E-state index contributed by atoms with van der Waals surface area (Å²) in [7, 11) is 0. The number of carbonyl (C=O) groups excluding carboxylic acids is 2. The van der Waals surface area contributed by atoms with Crippen LogP contribution in [-0.2, 0) is 0 Å². The Morgan fingerprint density at radius 2 is 1.82 bits per heavy atom. The first kappa shape index (κ1) is 18.1. The van der Waals surface area contributed by atoms with E-state index in [2.05, 4.69) is 10.3 Å². The van der Waals surface area contributed by atoms with E-state index < -0.39 is 12.0 Å². The van der Waals surface area contributed by atoms with Crippen LogP contribution in [0, 0.1) is 5.41 Å². The van der Waals surface area contributed by atoms with E-state index in [9.17, 15) is 9.59 Å². The number of anilines is 1. The number of hydrogen-bond acceptors (Lipinski definition) is 6. The molecule has 0 unspecified atom stereocenters. The highest BCUT2D eigenvalue weighted by molar-refractivity contribution is 5.94. The second-order valence-electron chi connectivity index (χ2n) is 7.58. The maximum atomic E-state index is 12.0. The maximum Gasteiger partial charge on any atom is 0.412 e. The first-order chi connectivity index (χ1) is 13.4. The number of primary amides is 1. The van der Waals surface area contributed by atoms with Crippen LogP contribution in [0.1, 0.15) is 36.0 Å². The van der Waals surface area contributed by atoms with Crippen LogP contribution in [-0.4, -0.2) is 29.1 Å². The van der Waals surface area contributed by atoms with E-state index in [-0.39, 0.29) is 23.4 Å². The molecule has 0 atom stereocenters. The molecule has 1 aromatic carbocycles. The lowest BCUT2D eigenvalue weighted by molar-refractivity contribution is -0.0850. The van der Waals surface area contributed by atoms with E-state index in [0.717, 1.165) is 25.7 Å². The van der Waals surface area contributed by atoms with E-state index in [1.54, 1.807) is 42.6 Å². The molecule has 0 bridgehead atoms. The molecule has 2 aromatic rings. The van der Waals surface area contributed by atoms with Crippen molar-refractivity contribution in [3.63, 3.8) is 0 Å². The normalized spacial score (nSPS) is 25.3. The fourth-order valence-electron chi connectivity index (χ4n) is 4.08. The minimum atomic E-state index is -0.551. The molecule has 146 valence electrons.